The van der Waals surface area contributed by atoms with Crippen LogP contribution >= 0.6 is 0 Å². The number of rotatable bonds is 9. The van der Waals surface area contributed by atoms with E-state index in [1.54, 1.807) is 0 Å². The van der Waals surface area contributed by atoms with E-state index in [0.29, 0.717) is 12.6 Å². The number of carboxylic acid groups (broad SMARTS) is 2. The van der Waals surface area contributed by atoms with E-state index >= 15 is 0 Å². The average Bonchev–Trinajstić information content (AvgIpc) is 2.65. The van der Waals surface area contributed by atoms with Crippen LogP contribution in [0.2, 0.25) is 0 Å². The minimum atomic E-state index is -1.28. The largest absolute Gasteiger partial charge is 0.479 e. The van der Waals surface area contributed by atoms with Crippen LogP contribution in [0.25, 0.3) is 0 Å². The summed E-state index contributed by atoms with van der Waals surface area (Å²) in [6.45, 7) is 0. The fourth-order valence-corrected chi connectivity index (χ4v) is 2.01. The summed E-state index contributed by atoms with van der Waals surface area (Å²) in [4.78, 5) is 44.2. The van der Waals surface area contributed by atoms with E-state index in [9.17, 15) is 19.2 Å². The van der Waals surface area contributed by atoms with Gasteiger partial charge in [-0.3, -0.25) is 9.59 Å². The van der Waals surface area contributed by atoms with Crippen molar-refractivity contribution in [3.63, 3.8) is 0 Å². The first kappa shape index (κ1) is 18.7. The standard InChI is InChI=1S/C18H14O8/c19-9-15(25-13-5-1-11(2-6-13)17(21)22)16(10-20)26-14-7-3-12(4-8-14)18(23)24/h1-10,15-16H,(H,21,22)(H,23,24). The molecule has 0 aliphatic heterocycles. The monoisotopic (exact) mass is 358 g/mol. The van der Waals surface area contributed by atoms with Gasteiger partial charge in [0.1, 0.15) is 11.5 Å². The van der Waals surface area contributed by atoms with Crippen molar-refractivity contribution < 1.29 is 38.9 Å². The number of hydrogen-bond acceptors (Lipinski definition) is 6. The van der Waals surface area contributed by atoms with Crippen molar-refractivity contribution in [2.24, 2.45) is 0 Å². The molecule has 0 saturated heterocycles. The Morgan fingerprint density at radius 2 is 1.00 bits per heavy atom. The van der Waals surface area contributed by atoms with Crippen LogP contribution in [0.5, 0.6) is 11.5 Å². The Bertz CT molecular complexity index is 725. The molecule has 0 aliphatic carbocycles. The zero-order chi connectivity index (χ0) is 19.1. The SMILES string of the molecule is O=CC(Oc1ccc(C(=O)O)cc1)C(C=O)Oc1ccc(C(=O)O)cc1. The molecule has 2 atom stereocenters. The van der Waals surface area contributed by atoms with Crippen LogP contribution in [0.15, 0.2) is 48.5 Å². The normalized spacial score (nSPS) is 12.5. The summed E-state index contributed by atoms with van der Waals surface area (Å²) in [6.07, 6.45) is -1.78. The van der Waals surface area contributed by atoms with Crippen LogP contribution in [0.3, 0.4) is 0 Å². The number of aldehydes is 2. The van der Waals surface area contributed by atoms with Gasteiger partial charge in [-0.15, -0.1) is 0 Å². The van der Waals surface area contributed by atoms with Crippen LogP contribution in [-0.4, -0.2) is 46.9 Å². The molecule has 0 radical (unpaired) electrons. The Hall–Kier alpha value is -3.68. The van der Waals surface area contributed by atoms with Crippen molar-refractivity contribution in [1.82, 2.24) is 0 Å². The second-order valence-corrected chi connectivity index (χ2v) is 5.10. The molecule has 0 spiro atoms. The first-order chi connectivity index (χ1) is 12.4. The molecule has 0 amide bonds. The van der Waals surface area contributed by atoms with Gasteiger partial charge >= 0.3 is 11.9 Å². The van der Waals surface area contributed by atoms with Crippen LogP contribution in [-0.2, 0) is 9.59 Å². The molecule has 2 rings (SSSR count). The van der Waals surface area contributed by atoms with Crippen LogP contribution in [0.1, 0.15) is 20.7 Å². The third-order valence-corrected chi connectivity index (χ3v) is 3.34. The first-order valence-electron chi connectivity index (χ1n) is 7.35. The van der Waals surface area contributed by atoms with Gasteiger partial charge in [0.2, 0.25) is 0 Å². The molecule has 0 fully saturated rings. The van der Waals surface area contributed by atoms with E-state index in [1.807, 2.05) is 0 Å². The van der Waals surface area contributed by atoms with E-state index in [2.05, 4.69) is 0 Å². The molecule has 0 saturated carbocycles. The molecule has 2 aromatic rings. The Morgan fingerprint density at radius 3 is 1.23 bits per heavy atom. The van der Waals surface area contributed by atoms with Crippen molar-refractivity contribution in [2.45, 2.75) is 12.2 Å². The smallest absolute Gasteiger partial charge is 0.335 e. The van der Waals surface area contributed by atoms with Crippen LogP contribution in [0.4, 0.5) is 0 Å². The van der Waals surface area contributed by atoms with Crippen molar-refractivity contribution in [2.75, 3.05) is 0 Å². The fourth-order valence-electron chi connectivity index (χ4n) is 2.01. The minimum Gasteiger partial charge on any atom is -0.479 e. The lowest BCUT2D eigenvalue weighted by molar-refractivity contribution is -0.126. The summed E-state index contributed by atoms with van der Waals surface area (Å²) < 4.78 is 10.7. The molecule has 26 heavy (non-hydrogen) atoms. The highest BCUT2D eigenvalue weighted by Crippen LogP contribution is 2.18. The van der Waals surface area contributed by atoms with Crippen molar-refractivity contribution >= 4 is 24.5 Å². The Labute approximate surface area is 147 Å². The molecule has 0 heterocycles. The zero-order valence-electron chi connectivity index (χ0n) is 13.3. The summed E-state index contributed by atoms with van der Waals surface area (Å²) in [5, 5.41) is 17.7. The first-order valence-corrected chi connectivity index (χ1v) is 7.35. The number of aromatic carboxylic acids is 2. The van der Waals surface area contributed by atoms with Gasteiger partial charge in [0.05, 0.1) is 11.1 Å². The number of ether oxygens (including phenoxy) is 2. The molecule has 0 aliphatic rings. The fraction of sp³-hybridized carbons (Fsp3) is 0.111. The number of benzene rings is 2. The summed E-state index contributed by atoms with van der Waals surface area (Å²) in [6, 6.07) is 10.6. The van der Waals surface area contributed by atoms with E-state index in [-0.39, 0.29) is 22.6 Å². The Balaban J connectivity index is 2.10. The number of carbonyl (C=O) groups is 4. The number of carboxylic acids is 2. The lowest BCUT2D eigenvalue weighted by Crippen LogP contribution is -2.39. The van der Waals surface area contributed by atoms with E-state index in [4.69, 9.17) is 19.7 Å². The highest BCUT2D eigenvalue weighted by atomic mass is 16.5. The highest BCUT2D eigenvalue weighted by molar-refractivity contribution is 5.88. The van der Waals surface area contributed by atoms with Gasteiger partial charge in [0.15, 0.2) is 24.8 Å². The molecule has 2 unspecified atom stereocenters. The second kappa shape index (κ2) is 8.43. The van der Waals surface area contributed by atoms with Gasteiger partial charge in [-0.2, -0.15) is 0 Å². The predicted octanol–water partition coefficient (Wildman–Crippen LogP) is 1.68. The zero-order valence-corrected chi connectivity index (χ0v) is 13.3. The second-order valence-electron chi connectivity index (χ2n) is 5.10. The third kappa shape index (κ3) is 4.67. The molecule has 2 N–H and O–H groups in total. The Kier molecular flexibility index (Phi) is 6.05. The van der Waals surface area contributed by atoms with E-state index < -0.39 is 24.1 Å². The van der Waals surface area contributed by atoms with E-state index in [1.165, 1.54) is 48.5 Å². The van der Waals surface area contributed by atoms with E-state index in [0.717, 1.165) is 0 Å². The summed E-state index contributed by atoms with van der Waals surface area (Å²) >= 11 is 0. The summed E-state index contributed by atoms with van der Waals surface area (Å²) in [5.41, 5.74) is 0.0865. The minimum absolute atomic E-state index is 0.0433. The predicted molar refractivity (Wildman–Crippen MR) is 87.8 cm³/mol. The van der Waals surface area contributed by atoms with Crippen molar-refractivity contribution in [3.05, 3.63) is 59.7 Å². The Morgan fingerprint density at radius 1 is 0.692 bits per heavy atom. The van der Waals surface area contributed by atoms with Gasteiger partial charge in [0, 0.05) is 0 Å². The van der Waals surface area contributed by atoms with Crippen molar-refractivity contribution in [3.8, 4) is 11.5 Å². The lowest BCUT2D eigenvalue weighted by atomic mass is 10.2. The number of carbonyl (C=O) groups excluding carboxylic acids is 2. The molecular formula is C18H14O8. The van der Waals surface area contributed by atoms with Gasteiger partial charge < -0.3 is 19.7 Å². The van der Waals surface area contributed by atoms with Crippen LogP contribution < -0.4 is 9.47 Å². The van der Waals surface area contributed by atoms with Crippen LogP contribution in [0, 0.1) is 0 Å². The average molecular weight is 358 g/mol. The van der Waals surface area contributed by atoms with Gasteiger partial charge in [-0.25, -0.2) is 9.59 Å². The summed E-state index contributed by atoms with van der Waals surface area (Å²) in [5.74, 6) is -1.85. The molecular weight excluding hydrogens is 344 g/mol. The lowest BCUT2D eigenvalue weighted by Gasteiger charge is -2.20. The molecule has 134 valence electrons. The third-order valence-electron chi connectivity index (χ3n) is 3.34. The number of hydrogen-bond donors (Lipinski definition) is 2. The van der Waals surface area contributed by atoms with Gasteiger partial charge in [-0.1, -0.05) is 0 Å². The van der Waals surface area contributed by atoms with Gasteiger partial charge in [0.25, 0.3) is 0 Å². The van der Waals surface area contributed by atoms with Crippen molar-refractivity contribution in [1.29, 1.82) is 0 Å². The maximum atomic E-state index is 11.3. The summed E-state index contributed by atoms with van der Waals surface area (Å²) in [7, 11) is 0. The molecule has 8 heteroatoms. The maximum absolute atomic E-state index is 11.3. The molecule has 8 nitrogen and oxygen atoms in total. The quantitative estimate of drug-likeness (QED) is 0.648. The maximum Gasteiger partial charge on any atom is 0.335 e. The molecule has 0 bridgehead atoms. The molecule has 2 aromatic carbocycles. The topological polar surface area (TPSA) is 127 Å². The van der Waals surface area contributed by atoms with Gasteiger partial charge in [-0.05, 0) is 48.5 Å². The molecule has 0 aromatic heterocycles. The highest BCUT2D eigenvalue weighted by Gasteiger charge is 2.25.